The molecule has 0 fully saturated rings. The number of rotatable bonds is 4. The normalized spacial score (nSPS) is 10.7. The summed E-state index contributed by atoms with van der Waals surface area (Å²) in [4.78, 5) is 0. The fraction of sp³-hybridized carbons (Fsp3) is 0.231. The lowest BCUT2D eigenvalue weighted by atomic mass is 10.1. The molecule has 0 bridgehead atoms. The summed E-state index contributed by atoms with van der Waals surface area (Å²) in [6, 6.07) is 8.05. The maximum absolute atomic E-state index is 4.16. The number of nitrogens with one attached hydrogen (secondary N) is 1. The standard InChI is InChI=1S/C13H15N7/c1-10-3-4-11(20-9-15-17-18-20)7-13(10)14-8-12-5-6-16-19(12)2/h3-7,9,14H,8H2,1-2H3. The zero-order chi connectivity index (χ0) is 13.9. The molecule has 0 spiro atoms. The van der Waals surface area contributed by atoms with Crippen LogP contribution in [-0.4, -0.2) is 30.0 Å². The number of aromatic nitrogens is 6. The van der Waals surface area contributed by atoms with Crippen molar-refractivity contribution in [2.75, 3.05) is 5.32 Å². The van der Waals surface area contributed by atoms with E-state index in [1.165, 1.54) is 5.56 Å². The van der Waals surface area contributed by atoms with Gasteiger partial charge in [-0.05, 0) is 41.1 Å². The van der Waals surface area contributed by atoms with Crippen LogP contribution >= 0.6 is 0 Å². The Kier molecular flexibility index (Phi) is 3.16. The first kappa shape index (κ1) is 12.3. The molecule has 2 aromatic heterocycles. The molecular weight excluding hydrogens is 254 g/mol. The van der Waals surface area contributed by atoms with E-state index in [1.54, 1.807) is 17.2 Å². The summed E-state index contributed by atoms with van der Waals surface area (Å²) in [6.07, 6.45) is 3.37. The SMILES string of the molecule is Cc1ccc(-n2cnnn2)cc1NCc1ccnn1C. The van der Waals surface area contributed by atoms with E-state index < -0.39 is 0 Å². The van der Waals surface area contributed by atoms with Gasteiger partial charge in [-0.1, -0.05) is 6.07 Å². The molecule has 0 unspecified atom stereocenters. The van der Waals surface area contributed by atoms with Crippen LogP contribution in [-0.2, 0) is 13.6 Å². The first-order valence-electron chi connectivity index (χ1n) is 6.29. The Morgan fingerprint density at radius 1 is 1.25 bits per heavy atom. The molecule has 0 aliphatic rings. The van der Waals surface area contributed by atoms with Gasteiger partial charge < -0.3 is 5.32 Å². The van der Waals surface area contributed by atoms with E-state index >= 15 is 0 Å². The van der Waals surface area contributed by atoms with Crippen molar-refractivity contribution in [3.05, 3.63) is 48.0 Å². The van der Waals surface area contributed by atoms with Gasteiger partial charge in [0.1, 0.15) is 6.33 Å². The number of benzene rings is 1. The zero-order valence-corrected chi connectivity index (χ0v) is 11.4. The Bertz CT molecular complexity index is 699. The summed E-state index contributed by atoms with van der Waals surface area (Å²) in [7, 11) is 1.93. The van der Waals surface area contributed by atoms with Crippen molar-refractivity contribution in [2.24, 2.45) is 7.05 Å². The molecule has 0 amide bonds. The van der Waals surface area contributed by atoms with Gasteiger partial charge in [-0.3, -0.25) is 4.68 Å². The van der Waals surface area contributed by atoms with Gasteiger partial charge in [-0.15, -0.1) is 5.10 Å². The second-order valence-electron chi connectivity index (χ2n) is 4.55. The van der Waals surface area contributed by atoms with Crippen LogP contribution in [0.3, 0.4) is 0 Å². The summed E-state index contributed by atoms with van der Waals surface area (Å²) in [6.45, 7) is 2.78. The first-order valence-corrected chi connectivity index (χ1v) is 6.29. The van der Waals surface area contributed by atoms with Crippen molar-refractivity contribution in [1.82, 2.24) is 30.0 Å². The van der Waals surface area contributed by atoms with Gasteiger partial charge in [0.2, 0.25) is 0 Å². The Morgan fingerprint density at radius 3 is 2.85 bits per heavy atom. The highest BCUT2D eigenvalue weighted by atomic mass is 15.5. The molecule has 1 N–H and O–H groups in total. The number of nitrogens with zero attached hydrogens (tertiary/aromatic N) is 6. The summed E-state index contributed by atoms with van der Waals surface area (Å²) >= 11 is 0. The van der Waals surface area contributed by atoms with Crippen LogP contribution in [0.25, 0.3) is 5.69 Å². The molecule has 0 aliphatic carbocycles. The van der Waals surface area contributed by atoms with Gasteiger partial charge in [0.15, 0.2) is 0 Å². The first-order chi connectivity index (χ1) is 9.74. The molecule has 0 saturated heterocycles. The van der Waals surface area contributed by atoms with Gasteiger partial charge in [0, 0.05) is 18.9 Å². The predicted octanol–water partition coefficient (Wildman–Crippen LogP) is 1.32. The van der Waals surface area contributed by atoms with E-state index in [9.17, 15) is 0 Å². The maximum atomic E-state index is 4.16. The van der Waals surface area contributed by atoms with Crippen molar-refractivity contribution in [3.63, 3.8) is 0 Å². The van der Waals surface area contributed by atoms with Crippen LogP contribution in [0.4, 0.5) is 5.69 Å². The Balaban J connectivity index is 1.82. The summed E-state index contributed by atoms with van der Waals surface area (Å²) < 4.78 is 3.49. The molecule has 7 heteroatoms. The van der Waals surface area contributed by atoms with E-state index in [0.29, 0.717) is 0 Å². The Labute approximate surface area is 116 Å². The van der Waals surface area contributed by atoms with Gasteiger partial charge >= 0.3 is 0 Å². The van der Waals surface area contributed by atoms with Crippen molar-refractivity contribution in [1.29, 1.82) is 0 Å². The monoisotopic (exact) mass is 269 g/mol. The number of hydrogen-bond acceptors (Lipinski definition) is 5. The van der Waals surface area contributed by atoms with Crippen molar-refractivity contribution >= 4 is 5.69 Å². The van der Waals surface area contributed by atoms with Crippen LogP contribution in [0, 0.1) is 6.92 Å². The minimum atomic E-state index is 0.719. The molecule has 3 aromatic rings. The molecule has 0 saturated carbocycles. The number of tetrazole rings is 1. The van der Waals surface area contributed by atoms with Gasteiger partial charge in [0.05, 0.1) is 17.9 Å². The third kappa shape index (κ3) is 2.37. The predicted molar refractivity (Wildman–Crippen MR) is 74.4 cm³/mol. The lowest BCUT2D eigenvalue weighted by molar-refractivity contribution is 0.720. The van der Waals surface area contributed by atoms with E-state index in [0.717, 1.165) is 23.6 Å². The Morgan fingerprint density at radius 2 is 2.15 bits per heavy atom. The molecule has 102 valence electrons. The van der Waals surface area contributed by atoms with Crippen molar-refractivity contribution in [3.8, 4) is 5.69 Å². The Hall–Kier alpha value is -2.70. The van der Waals surface area contributed by atoms with Crippen molar-refractivity contribution in [2.45, 2.75) is 13.5 Å². The maximum Gasteiger partial charge on any atom is 0.143 e. The summed E-state index contributed by atoms with van der Waals surface area (Å²) in [5.74, 6) is 0. The van der Waals surface area contributed by atoms with Crippen LogP contribution in [0.5, 0.6) is 0 Å². The molecule has 1 aromatic carbocycles. The van der Waals surface area contributed by atoms with Crippen molar-refractivity contribution < 1.29 is 0 Å². The number of anilines is 1. The average molecular weight is 269 g/mol. The molecule has 7 nitrogen and oxygen atoms in total. The molecule has 0 radical (unpaired) electrons. The largest absolute Gasteiger partial charge is 0.379 e. The quantitative estimate of drug-likeness (QED) is 0.773. The smallest absolute Gasteiger partial charge is 0.143 e. The van der Waals surface area contributed by atoms with E-state index in [2.05, 4.69) is 32.9 Å². The van der Waals surface area contributed by atoms with Crippen LogP contribution in [0.1, 0.15) is 11.3 Å². The summed E-state index contributed by atoms with van der Waals surface area (Å²) in [5, 5.41) is 18.8. The van der Waals surface area contributed by atoms with E-state index in [4.69, 9.17) is 0 Å². The van der Waals surface area contributed by atoms with Crippen LogP contribution < -0.4 is 5.32 Å². The number of aryl methyl sites for hydroxylation is 2. The van der Waals surface area contributed by atoms with E-state index in [-0.39, 0.29) is 0 Å². The van der Waals surface area contributed by atoms with Crippen LogP contribution in [0.2, 0.25) is 0 Å². The zero-order valence-electron chi connectivity index (χ0n) is 11.4. The second kappa shape index (κ2) is 5.12. The summed E-state index contributed by atoms with van der Waals surface area (Å²) in [5.41, 5.74) is 4.27. The lowest BCUT2D eigenvalue weighted by Crippen LogP contribution is -2.07. The highest BCUT2D eigenvalue weighted by molar-refractivity contribution is 5.56. The van der Waals surface area contributed by atoms with E-state index in [1.807, 2.05) is 36.0 Å². The minimum Gasteiger partial charge on any atom is -0.379 e. The number of hydrogen-bond donors (Lipinski definition) is 1. The molecular formula is C13H15N7. The highest BCUT2D eigenvalue weighted by Gasteiger charge is 2.04. The topological polar surface area (TPSA) is 73.5 Å². The van der Waals surface area contributed by atoms with Gasteiger partial charge in [-0.2, -0.15) is 5.10 Å². The molecule has 0 aliphatic heterocycles. The van der Waals surface area contributed by atoms with Gasteiger partial charge in [-0.25, -0.2) is 4.68 Å². The lowest BCUT2D eigenvalue weighted by Gasteiger charge is -2.11. The molecule has 20 heavy (non-hydrogen) atoms. The minimum absolute atomic E-state index is 0.719. The molecule has 3 rings (SSSR count). The molecule has 2 heterocycles. The van der Waals surface area contributed by atoms with Gasteiger partial charge in [0.25, 0.3) is 0 Å². The second-order valence-corrected chi connectivity index (χ2v) is 4.55. The third-order valence-electron chi connectivity index (χ3n) is 3.22. The fourth-order valence-corrected chi connectivity index (χ4v) is 1.98. The highest BCUT2D eigenvalue weighted by Crippen LogP contribution is 2.19. The fourth-order valence-electron chi connectivity index (χ4n) is 1.98. The molecule has 0 atom stereocenters. The van der Waals surface area contributed by atoms with Crippen LogP contribution in [0.15, 0.2) is 36.8 Å². The average Bonchev–Trinajstić information content (AvgIpc) is 3.10. The third-order valence-corrected chi connectivity index (χ3v) is 3.22.